The molecule has 1 aliphatic rings. The Balaban J connectivity index is 1.65. The lowest BCUT2D eigenvalue weighted by Crippen LogP contribution is -2.46. The Kier molecular flexibility index (Phi) is 6.64. The van der Waals surface area contributed by atoms with Gasteiger partial charge in [0.05, 0.1) is 5.75 Å². The van der Waals surface area contributed by atoms with Crippen molar-refractivity contribution in [1.82, 2.24) is 25.4 Å². The highest BCUT2D eigenvalue weighted by Crippen LogP contribution is 2.23. The van der Waals surface area contributed by atoms with Crippen LogP contribution in [0.2, 0.25) is 0 Å². The lowest BCUT2D eigenvalue weighted by Gasteiger charge is -2.15. The zero-order chi connectivity index (χ0) is 19.1. The Labute approximate surface area is 162 Å². The van der Waals surface area contributed by atoms with Crippen LogP contribution in [-0.2, 0) is 16.1 Å². The third kappa shape index (κ3) is 4.97. The topological polar surface area (TPSA) is 88.9 Å². The van der Waals surface area contributed by atoms with Gasteiger partial charge >= 0.3 is 0 Å². The van der Waals surface area contributed by atoms with Crippen LogP contribution in [0, 0.1) is 0 Å². The van der Waals surface area contributed by atoms with E-state index in [2.05, 4.69) is 27.4 Å². The van der Waals surface area contributed by atoms with Gasteiger partial charge in [-0.3, -0.25) is 14.2 Å². The molecule has 7 nitrogen and oxygen atoms in total. The van der Waals surface area contributed by atoms with E-state index in [-0.39, 0.29) is 17.6 Å². The fourth-order valence-corrected chi connectivity index (χ4v) is 3.69. The predicted molar refractivity (Wildman–Crippen MR) is 105 cm³/mol. The number of hydrogen-bond donors (Lipinski definition) is 2. The molecule has 1 aromatic heterocycles. The predicted octanol–water partition coefficient (Wildman–Crippen LogP) is 2.01. The van der Waals surface area contributed by atoms with E-state index in [9.17, 15) is 9.59 Å². The number of amides is 2. The summed E-state index contributed by atoms with van der Waals surface area (Å²) < 4.78 is 1.93. The number of hydrogen-bond acceptors (Lipinski definition) is 5. The molecule has 3 rings (SSSR count). The fourth-order valence-electron chi connectivity index (χ4n) is 2.93. The Morgan fingerprint density at radius 2 is 2.15 bits per heavy atom. The molecular weight excluding hydrogens is 362 g/mol. The van der Waals surface area contributed by atoms with Crippen molar-refractivity contribution < 1.29 is 9.59 Å². The average molecular weight is 385 g/mol. The molecular formula is C19H23N5O2S. The summed E-state index contributed by atoms with van der Waals surface area (Å²) in [5.74, 6) is 0.624. The molecule has 8 heteroatoms. The number of benzene rings is 1. The minimum absolute atomic E-state index is 0.105. The lowest BCUT2D eigenvalue weighted by atomic mass is 10.1. The molecule has 2 amide bonds. The van der Waals surface area contributed by atoms with E-state index in [1.807, 2.05) is 34.9 Å². The number of aromatic nitrogens is 3. The highest BCUT2D eigenvalue weighted by atomic mass is 32.2. The smallest absolute Gasteiger partial charge is 0.242 e. The quantitative estimate of drug-likeness (QED) is 0.562. The summed E-state index contributed by atoms with van der Waals surface area (Å²) in [6, 6.07) is 9.32. The first kappa shape index (κ1) is 19.2. The standard InChI is InChI=1S/C19H23N5O2S/c1-2-12-24-17(14-8-4-3-5-9-14)22-23-19(24)27-13-16(25)21-15-10-6-7-11-20-18(15)26/h2-5,8-9,15H,1,6-7,10-13H2,(H,20,26)(H,21,25). The number of allylic oxidation sites excluding steroid dienone is 1. The maximum Gasteiger partial charge on any atom is 0.242 e. The molecule has 142 valence electrons. The van der Waals surface area contributed by atoms with Crippen molar-refractivity contribution in [2.75, 3.05) is 12.3 Å². The van der Waals surface area contributed by atoms with E-state index in [4.69, 9.17) is 0 Å². The molecule has 1 aromatic carbocycles. The van der Waals surface area contributed by atoms with E-state index in [1.165, 1.54) is 11.8 Å². The zero-order valence-electron chi connectivity index (χ0n) is 15.1. The van der Waals surface area contributed by atoms with Gasteiger partial charge in [-0.25, -0.2) is 0 Å². The first-order valence-corrected chi connectivity index (χ1v) is 9.97. The molecule has 1 unspecified atom stereocenters. The molecule has 2 heterocycles. The lowest BCUT2D eigenvalue weighted by molar-refractivity contribution is -0.127. The van der Waals surface area contributed by atoms with Gasteiger partial charge < -0.3 is 10.6 Å². The van der Waals surface area contributed by atoms with Gasteiger partial charge in [-0.15, -0.1) is 16.8 Å². The number of thioether (sulfide) groups is 1. The molecule has 0 radical (unpaired) electrons. The monoisotopic (exact) mass is 385 g/mol. The van der Waals surface area contributed by atoms with E-state index < -0.39 is 6.04 Å². The molecule has 2 N–H and O–H groups in total. The van der Waals surface area contributed by atoms with Crippen molar-refractivity contribution in [3.63, 3.8) is 0 Å². The van der Waals surface area contributed by atoms with Crippen LogP contribution in [0.4, 0.5) is 0 Å². The molecule has 1 saturated heterocycles. The summed E-state index contributed by atoms with van der Waals surface area (Å²) in [5, 5.41) is 14.8. The molecule has 1 fully saturated rings. The van der Waals surface area contributed by atoms with Gasteiger partial charge in [-0.1, -0.05) is 48.2 Å². The van der Waals surface area contributed by atoms with E-state index >= 15 is 0 Å². The van der Waals surface area contributed by atoms with Gasteiger partial charge in [0.25, 0.3) is 0 Å². The highest BCUT2D eigenvalue weighted by Gasteiger charge is 2.23. The minimum Gasteiger partial charge on any atom is -0.354 e. The molecule has 0 spiro atoms. The van der Waals surface area contributed by atoms with Crippen molar-refractivity contribution in [2.24, 2.45) is 0 Å². The van der Waals surface area contributed by atoms with Crippen LogP contribution in [0.3, 0.4) is 0 Å². The largest absolute Gasteiger partial charge is 0.354 e. The second kappa shape index (κ2) is 9.36. The Bertz CT molecular complexity index is 806. The Morgan fingerprint density at radius 1 is 1.33 bits per heavy atom. The molecule has 27 heavy (non-hydrogen) atoms. The third-order valence-electron chi connectivity index (χ3n) is 4.26. The van der Waals surface area contributed by atoms with Gasteiger partial charge in [0.15, 0.2) is 11.0 Å². The first-order chi connectivity index (χ1) is 13.2. The molecule has 0 saturated carbocycles. The minimum atomic E-state index is -0.452. The summed E-state index contributed by atoms with van der Waals surface area (Å²) in [5.41, 5.74) is 0.957. The second-order valence-electron chi connectivity index (χ2n) is 6.27. The van der Waals surface area contributed by atoms with Crippen LogP contribution >= 0.6 is 11.8 Å². The van der Waals surface area contributed by atoms with Crippen molar-refractivity contribution >= 4 is 23.6 Å². The van der Waals surface area contributed by atoms with E-state index in [0.717, 1.165) is 24.2 Å². The van der Waals surface area contributed by atoms with E-state index in [0.29, 0.717) is 24.7 Å². The first-order valence-electron chi connectivity index (χ1n) is 8.98. The van der Waals surface area contributed by atoms with Crippen molar-refractivity contribution in [3.05, 3.63) is 43.0 Å². The summed E-state index contributed by atoms with van der Waals surface area (Å²) in [4.78, 5) is 24.3. The van der Waals surface area contributed by atoms with Crippen molar-refractivity contribution in [1.29, 1.82) is 0 Å². The summed E-state index contributed by atoms with van der Waals surface area (Å²) in [6.45, 7) is 5.01. The fraction of sp³-hybridized carbons (Fsp3) is 0.368. The van der Waals surface area contributed by atoms with Gasteiger partial charge in [0.2, 0.25) is 11.8 Å². The van der Waals surface area contributed by atoms with Crippen LogP contribution in [-0.4, -0.2) is 44.9 Å². The van der Waals surface area contributed by atoms with Crippen LogP contribution in [0.15, 0.2) is 48.1 Å². The van der Waals surface area contributed by atoms with Gasteiger partial charge in [0.1, 0.15) is 6.04 Å². The summed E-state index contributed by atoms with van der Waals surface area (Å²) >= 11 is 1.30. The Hall–Kier alpha value is -2.61. The summed E-state index contributed by atoms with van der Waals surface area (Å²) in [6.07, 6.45) is 4.31. The molecule has 1 aliphatic heterocycles. The van der Waals surface area contributed by atoms with Crippen molar-refractivity contribution in [2.45, 2.75) is 37.0 Å². The van der Waals surface area contributed by atoms with Crippen LogP contribution in [0.1, 0.15) is 19.3 Å². The number of carbonyl (C=O) groups excluding carboxylic acids is 2. The number of nitrogens with one attached hydrogen (secondary N) is 2. The van der Waals surface area contributed by atoms with Crippen LogP contribution in [0.25, 0.3) is 11.4 Å². The van der Waals surface area contributed by atoms with Gasteiger partial charge in [-0.2, -0.15) is 0 Å². The van der Waals surface area contributed by atoms with Gasteiger partial charge in [0, 0.05) is 18.7 Å². The SMILES string of the molecule is C=CCn1c(SCC(=O)NC2CCCCNC2=O)nnc1-c1ccccc1. The molecule has 1 atom stereocenters. The molecule has 0 aliphatic carbocycles. The molecule has 0 bridgehead atoms. The third-order valence-corrected chi connectivity index (χ3v) is 5.23. The number of nitrogens with zero attached hydrogens (tertiary/aromatic N) is 3. The maximum absolute atomic E-state index is 12.3. The Morgan fingerprint density at radius 3 is 2.93 bits per heavy atom. The van der Waals surface area contributed by atoms with Crippen molar-refractivity contribution in [3.8, 4) is 11.4 Å². The number of rotatable bonds is 7. The van der Waals surface area contributed by atoms with Gasteiger partial charge in [-0.05, 0) is 19.3 Å². The maximum atomic E-state index is 12.3. The summed E-state index contributed by atoms with van der Waals surface area (Å²) in [7, 11) is 0. The highest BCUT2D eigenvalue weighted by molar-refractivity contribution is 7.99. The van der Waals surface area contributed by atoms with Crippen LogP contribution in [0.5, 0.6) is 0 Å². The van der Waals surface area contributed by atoms with Crippen LogP contribution < -0.4 is 10.6 Å². The normalized spacial score (nSPS) is 17.0. The van der Waals surface area contributed by atoms with E-state index in [1.54, 1.807) is 6.08 Å². The second-order valence-corrected chi connectivity index (χ2v) is 7.21. The number of carbonyl (C=O) groups is 2. The average Bonchev–Trinajstić information content (AvgIpc) is 2.97. The molecule has 2 aromatic rings. The zero-order valence-corrected chi connectivity index (χ0v) is 15.9.